The van der Waals surface area contributed by atoms with Crippen molar-refractivity contribution in [1.29, 1.82) is 0 Å². The molecule has 5 unspecified atom stereocenters. The van der Waals surface area contributed by atoms with Crippen molar-refractivity contribution in [3.63, 3.8) is 0 Å². The molecular weight excluding hydrogens is 220 g/mol. The average Bonchev–Trinajstić information content (AvgIpc) is 2.66. The number of nitrogens with one attached hydrogen (secondary N) is 1. The quantitative estimate of drug-likeness (QED) is 0.557. The number of fused-ring (bicyclic) bond motifs is 3. The average molecular weight is 238 g/mol. The van der Waals surface area contributed by atoms with Gasteiger partial charge in [-0.3, -0.25) is 4.79 Å². The number of aliphatic hydroxyl groups is 1. The molecule has 2 fully saturated rings. The molecule has 3 aliphatic rings. The lowest BCUT2D eigenvalue weighted by Crippen LogP contribution is -2.53. The van der Waals surface area contributed by atoms with Crippen molar-refractivity contribution >= 4 is 5.91 Å². The summed E-state index contributed by atoms with van der Waals surface area (Å²) in [5.41, 5.74) is 0.731. The SMILES string of the molecule is CC1=CC2(C)OC3C(C(=O)N(C)C3O)C2NC1. The van der Waals surface area contributed by atoms with E-state index in [-0.39, 0.29) is 17.9 Å². The molecule has 0 radical (unpaired) electrons. The smallest absolute Gasteiger partial charge is 0.232 e. The van der Waals surface area contributed by atoms with E-state index in [2.05, 4.69) is 11.4 Å². The Bertz CT molecular complexity index is 409. The Kier molecular flexibility index (Phi) is 2.18. The number of nitrogens with zero attached hydrogens (tertiary/aromatic N) is 1. The zero-order chi connectivity index (χ0) is 12.4. The second kappa shape index (κ2) is 3.31. The highest BCUT2D eigenvalue weighted by molar-refractivity contribution is 5.83. The first kappa shape index (κ1) is 11.2. The minimum absolute atomic E-state index is 0.0309. The lowest BCUT2D eigenvalue weighted by Gasteiger charge is -2.36. The Labute approximate surface area is 100 Å². The van der Waals surface area contributed by atoms with E-state index in [1.807, 2.05) is 13.8 Å². The molecule has 5 atom stereocenters. The molecular formula is C12H18N2O3. The summed E-state index contributed by atoms with van der Waals surface area (Å²) in [5, 5.41) is 13.4. The molecule has 0 bridgehead atoms. The molecule has 0 aliphatic carbocycles. The summed E-state index contributed by atoms with van der Waals surface area (Å²) < 4.78 is 5.95. The molecule has 3 rings (SSSR count). The number of amides is 1. The van der Waals surface area contributed by atoms with Gasteiger partial charge < -0.3 is 20.1 Å². The molecule has 0 spiro atoms. The molecule has 5 heteroatoms. The van der Waals surface area contributed by atoms with E-state index in [9.17, 15) is 9.90 Å². The number of hydrogen-bond acceptors (Lipinski definition) is 4. The molecule has 1 amide bonds. The third-order valence-electron chi connectivity index (χ3n) is 4.18. The van der Waals surface area contributed by atoms with Crippen LogP contribution in [0.5, 0.6) is 0 Å². The fourth-order valence-electron chi connectivity index (χ4n) is 3.37. The lowest BCUT2D eigenvalue weighted by molar-refractivity contribution is -0.138. The van der Waals surface area contributed by atoms with E-state index < -0.39 is 17.9 Å². The maximum Gasteiger partial charge on any atom is 0.232 e. The third kappa shape index (κ3) is 1.33. The Balaban J connectivity index is 1.99. The van der Waals surface area contributed by atoms with Crippen LogP contribution in [-0.4, -0.2) is 53.5 Å². The van der Waals surface area contributed by atoms with Gasteiger partial charge in [-0.2, -0.15) is 0 Å². The fraction of sp³-hybridized carbons (Fsp3) is 0.750. The normalized spacial score (nSPS) is 49.1. The Morgan fingerprint density at radius 2 is 2.35 bits per heavy atom. The van der Waals surface area contributed by atoms with Crippen LogP contribution in [-0.2, 0) is 9.53 Å². The molecule has 0 aromatic rings. The predicted octanol–water partition coefficient (Wildman–Crippen LogP) is -0.531. The van der Waals surface area contributed by atoms with E-state index in [1.54, 1.807) is 7.05 Å². The van der Waals surface area contributed by atoms with E-state index in [0.717, 1.165) is 6.54 Å². The van der Waals surface area contributed by atoms with Gasteiger partial charge in [-0.1, -0.05) is 11.6 Å². The highest BCUT2D eigenvalue weighted by Gasteiger charge is 2.62. The summed E-state index contributed by atoms with van der Waals surface area (Å²) >= 11 is 0. The standard InChI is InChI=1S/C12H18N2O3/c1-6-4-12(2)9(13-5-6)7-8(17-12)11(16)14(3)10(7)15/h4,7-9,11,13,16H,5H2,1-3H3. The van der Waals surface area contributed by atoms with Crippen LogP contribution >= 0.6 is 0 Å². The number of aliphatic hydroxyl groups excluding tert-OH is 1. The second-order valence-corrected chi connectivity index (χ2v) is 5.50. The van der Waals surface area contributed by atoms with Gasteiger partial charge in [0.2, 0.25) is 5.91 Å². The van der Waals surface area contributed by atoms with Crippen LogP contribution in [0.15, 0.2) is 11.6 Å². The van der Waals surface area contributed by atoms with Crippen LogP contribution in [0.3, 0.4) is 0 Å². The van der Waals surface area contributed by atoms with Gasteiger partial charge in [-0.25, -0.2) is 0 Å². The first-order valence-electron chi connectivity index (χ1n) is 5.98. The number of hydrogen-bond donors (Lipinski definition) is 2. The lowest BCUT2D eigenvalue weighted by atomic mass is 9.84. The molecule has 5 nitrogen and oxygen atoms in total. The van der Waals surface area contributed by atoms with E-state index in [4.69, 9.17) is 4.74 Å². The number of carbonyl (C=O) groups is 1. The first-order valence-corrected chi connectivity index (χ1v) is 5.98. The summed E-state index contributed by atoms with van der Waals surface area (Å²) in [5.74, 6) is -0.305. The van der Waals surface area contributed by atoms with Crippen molar-refractivity contribution < 1.29 is 14.6 Å². The molecule has 17 heavy (non-hydrogen) atoms. The number of carbonyl (C=O) groups excluding carboxylic acids is 1. The maximum absolute atomic E-state index is 12.1. The van der Waals surface area contributed by atoms with Crippen LogP contribution in [0.2, 0.25) is 0 Å². The van der Waals surface area contributed by atoms with Gasteiger partial charge in [0.15, 0.2) is 6.23 Å². The second-order valence-electron chi connectivity index (χ2n) is 5.50. The molecule has 2 N–H and O–H groups in total. The van der Waals surface area contributed by atoms with E-state index in [0.29, 0.717) is 0 Å². The van der Waals surface area contributed by atoms with Crippen molar-refractivity contribution in [2.75, 3.05) is 13.6 Å². The summed E-state index contributed by atoms with van der Waals surface area (Å²) in [7, 11) is 1.62. The monoisotopic (exact) mass is 238 g/mol. The minimum Gasteiger partial charge on any atom is -0.371 e. The van der Waals surface area contributed by atoms with Crippen LogP contribution in [0.4, 0.5) is 0 Å². The zero-order valence-electron chi connectivity index (χ0n) is 10.3. The molecule has 3 aliphatic heterocycles. The zero-order valence-corrected chi connectivity index (χ0v) is 10.3. The summed E-state index contributed by atoms with van der Waals surface area (Å²) in [4.78, 5) is 13.5. The van der Waals surface area contributed by atoms with Gasteiger partial charge in [-0.05, 0) is 13.8 Å². The molecule has 0 saturated carbocycles. The molecule has 94 valence electrons. The number of likely N-dealkylation sites (tertiary alicyclic amines) is 1. The topological polar surface area (TPSA) is 61.8 Å². The minimum atomic E-state index is -0.828. The van der Waals surface area contributed by atoms with Crippen LogP contribution < -0.4 is 5.32 Å². The first-order chi connectivity index (χ1) is 7.94. The largest absolute Gasteiger partial charge is 0.371 e. The number of ether oxygens (including phenoxy) is 1. The summed E-state index contributed by atoms with van der Waals surface area (Å²) in [6.07, 6.45) is 0.828. The summed E-state index contributed by atoms with van der Waals surface area (Å²) in [6.45, 7) is 4.79. The van der Waals surface area contributed by atoms with Crippen molar-refractivity contribution in [3.05, 3.63) is 11.6 Å². The van der Waals surface area contributed by atoms with Gasteiger partial charge in [0.1, 0.15) is 11.7 Å². The van der Waals surface area contributed by atoms with Gasteiger partial charge in [0.05, 0.1) is 12.0 Å². The van der Waals surface area contributed by atoms with Crippen molar-refractivity contribution in [2.24, 2.45) is 5.92 Å². The summed E-state index contributed by atoms with van der Waals surface area (Å²) in [6, 6.07) is -0.0386. The highest BCUT2D eigenvalue weighted by Crippen LogP contribution is 2.44. The fourth-order valence-corrected chi connectivity index (χ4v) is 3.37. The molecule has 2 saturated heterocycles. The Hall–Kier alpha value is -0.910. The van der Waals surface area contributed by atoms with Crippen LogP contribution in [0, 0.1) is 5.92 Å². The number of rotatable bonds is 0. The molecule has 0 aromatic carbocycles. The maximum atomic E-state index is 12.1. The van der Waals surface area contributed by atoms with E-state index in [1.165, 1.54) is 10.5 Å². The molecule has 3 heterocycles. The van der Waals surface area contributed by atoms with Crippen molar-refractivity contribution in [1.82, 2.24) is 10.2 Å². The number of likely N-dealkylation sites (N-methyl/N-ethyl adjacent to an activating group) is 1. The van der Waals surface area contributed by atoms with Crippen LogP contribution in [0.25, 0.3) is 0 Å². The van der Waals surface area contributed by atoms with Gasteiger partial charge in [-0.15, -0.1) is 0 Å². The van der Waals surface area contributed by atoms with E-state index >= 15 is 0 Å². The van der Waals surface area contributed by atoms with Gasteiger partial charge in [0, 0.05) is 13.6 Å². The third-order valence-corrected chi connectivity index (χ3v) is 4.18. The predicted molar refractivity (Wildman–Crippen MR) is 61.1 cm³/mol. The molecule has 0 aromatic heterocycles. The van der Waals surface area contributed by atoms with Crippen LogP contribution in [0.1, 0.15) is 13.8 Å². The van der Waals surface area contributed by atoms with Crippen molar-refractivity contribution in [2.45, 2.75) is 37.8 Å². The highest BCUT2D eigenvalue weighted by atomic mass is 16.5. The van der Waals surface area contributed by atoms with Gasteiger partial charge >= 0.3 is 0 Å². The van der Waals surface area contributed by atoms with Crippen molar-refractivity contribution in [3.8, 4) is 0 Å². The Morgan fingerprint density at radius 1 is 1.65 bits per heavy atom. The Morgan fingerprint density at radius 3 is 3.06 bits per heavy atom. The van der Waals surface area contributed by atoms with Gasteiger partial charge in [0.25, 0.3) is 0 Å².